The minimum atomic E-state index is -0.0404. The summed E-state index contributed by atoms with van der Waals surface area (Å²) in [5.74, 6) is 3.08. The van der Waals surface area contributed by atoms with Gasteiger partial charge in [0, 0.05) is 12.0 Å². The summed E-state index contributed by atoms with van der Waals surface area (Å²) in [6.07, 6.45) is 0.896. The van der Waals surface area contributed by atoms with E-state index in [1.165, 1.54) is 0 Å². The van der Waals surface area contributed by atoms with E-state index in [2.05, 4.69) is 29.3 Å². The predicted molar refractivity (Wildman–Crippen MR) is 87.8 cm³/mol. The maximum absolute atomic E-state index is 5.78. The number of furan rings is 1. The fourth-order valence-corrected chi connectivity index (χ4v) is 2.46. The van der Waals surface area contributed by atoms with Crippen LogP contribution in [-0.4, -0.2) is 10.1 Å². The highest BCUT2D eigenvalue weighted by Gasteiger charge is 2.19. The van der Waals surface area contributed by atoms with Crippen molar-refractivity contribution in [3.8, 4) is 11.5 Å². The number of aryl methyl sites for hydroxylation is 1. The summed E-state index contributed by atoms with van der Waals surface area (Å²) in [4.78, 5) is 4.48. The predicted octanol–water partition coefficient (Wildman–Crippen LogP) is 4.30. The monoisotopic (exact) mass is 311 g/mol. The second-order valence-electron chi connectivity index (χ2n) is 5.59. The van der Waals surface area contributed by atoms with Gasteiger partial charge in [-0.3, -0.25) is 5.32 Å². The van der Waals surface area contributed by atoms with E-state index in [1.54, 1.807) is 0 Å². The number of nitrogens with zero attached hydrogens (tertiary/aromatic N) is 2. The smallest absolute Gasteiger partial charge is 0.257 e. The van der Waals surface area contributed by atoms with Gasteiger partial charge in [-0.15, -0.1) is 0 Å². The van der Waals surface area contributed by atoms with Crippen LogP contribution in [0, 0.1) is 0 Å². The molecular weight excluding hydrogens is 290 g/mol. The molecule has 3 aromatic rings. The second-order valence-corrected chi connectivity index (χ2v) is 5.59. The van der Waals surface area contributed by atoms with Gasteiger partial charge in [0.05, 0.1) is 12.1 Å². The standard InChI is InChI=1S/C18H21N3O2/c1-4-15-10-11-16(22-15)12(2)19-13(3)17-20-18(23-21-17)14-8-6-5-7-9-14/h5-13,19H,4H2,1-3H3/t12-,13+/m0/s1. The molecule has 5 nitrogen and oxygen atoms in total. The van der Waals surface area contributed by atoms with E-state index in [9.17, 15) is 0 Å². The van der Waals surface area contributed by atoms with Crippen LogP contribution in [0.5, 0.6) is 0 Å². The van der Waals surface area contributed by atoms with Crippen molar-refractivity contribution in [2.45, 2.75) is 39.3 Å². The van der Waals surface area contributed by atoms with Crippen LogP contribution in [0.1, 0.15) is 50.2 Å². The Labute approximate surface area is 135 Å². The highest BCUT2D eigenvalue weighted by atomic mass is 16.5. The quantitative estimate of drug-likeness (QED) is 0.735. The van der Waals surface area contributed by atoms with E-state index in [0.29, 0.717) is 11.7 Å². The van der Waals surface area contributed by atoms with Crippen LogP contribution in [0.4, 0.5) is 0 Å². The lowest BCUT2D eigenvalue weighted by molar-refractivity contribution is 0.368. The second kappa shape index (κ2) is 6.79. The number of rotatable bonds is 6. The summed E-state index contributed by atoms with van der Waals surface area (Å²) in [5.41, 5.74) is 0.921. The Bertz CT molecular complexity index is 748. The Hall–Kier alpha value is -2.40. The molecule has 120 valence electrons. The average molecular weight is 311 g/mol. The van der Waals surface area contributed by atoms with E-state index in [-0.39, 0.29) is 12.1 Å². The molecule has 0 aliphatic rings. The Morgan fingerprint density at radius 3 is 2.52 bits per heavy atom. The van der Waals surface area contributed by atoms with Crippen LogP contribution < -0.4 is 5.32 Å². The Morgan fingerprint density at radius 2 is 1.83 bits per heavy atom. The molecule has 1 aromatic carbocycles. The number of aromatic nitrogens is 2. The molecule has 2 aromatic heterocycles. The molecule has 5 heteroatoms. The van der Waals surface area contributed by atoms with E-state index in [1.807, 2.05) is 49.4 Å². The first-order valence-corrected chi connectivity index (χ1v) is 7.91. The van der Waals surface area contributed by atoms with Gasteiger partial charge in [0.25, 0.3) is 5.89 Å². The summed E-state index contributed by atoms with van der Waals surface area (Å²) in [6.45, 7) is 6.15. The number of hydrogen-bond donors (Lipinski definition) is 1. The molecule has 0 radical (unpaired) electrons. The topological polar surface area (TPSA) is 64.1 Å². The summed E-state index contributed by atoms with van der Waals surface area (Å²) in [6, 6.07) is 13.8. The minimum Gasteiger partial charge on any atom is -0.464 e. The summed E-state index contributed by atoms with van der Waals surface area (Å²) in [5, 5.41) is 7.52. The first-order valence-electron chi connectivity index (χ1n) is 7.91. The van der Waals surface area contributed by atoms with E-state index in [4.69, 9.17) is 8.94 Å². The average Bonchev–Trinajstić information content (AvgIpc) is 3.25. The van der Waals surface area contributed by atoms with Gasteiger partial charge in [-0.2, -0.15) is 4.98 Å². The zero-order valence-electron chi connectivity index (χ0n) is 13.6. The Morgan fingerprint density at radius 1 is 1.04 bits per heavy atom. The molecule has 0 spiro atoms. The first kappa shape index (κ1) is 15.5. The normalized spacial score (nSPS) is 13.9. The maximum Gasteiger partial charge on any atom is 0.257 e. The molecule has 3 rings (SSSR count). The molecule has 0 amide bonds. The molecule has 1 N–H and O–H groups in total. The molecule has 2 heterocycles. The molecule has 0 unspecified atom stereocenters. The number of benzene rings is 1. The van der Waals surface area contributed by atoms with Crippen LogP contribution in [-0.2, 0) is 6.42 Å². The molecule has 0 fully saturated rings. The van der Waals surface area contributed by atoms with Crippen molar-refractivity contribution in [3.63, 3.8) is 0 Å². The van der Waals surface area contributed by atoms with Gasteiger partial charge in [0.15, 0.2) is 5.82 Å². The lowest BCUT2D eigenvalue weighted by Gasteiger charge is -2.15. The van der Waals surface area contributed by atoms with Gasteiger partial charge in [-0.05, 0) is 38.1 Å². The third-order valence-electron chi connectivity index (χ3n) is 3.81. The Kier molecular flexibility index (Phi) is 4.57. The van der Waals surface area contributed by atoms with Crippen LogP contribution >= 0.6 is 0 Å². The lowest BCUT2D eigenvalue weighted by atomic mass is 10.2. The van der Waals surface area contributed by atoms with Gasteiger partial charge in [-0.25, -0.2) is 0 Å². The van der Waals surface area contributed by atoms with E-state index >= 15 is 0 Å². The first-order chi connectivity index (χ1) is 11.2. The third kappa shape index (κ3) is 3.51. The molecular formula is C18H21N3O2. The van der Waals surface area contributed by atoms with Gasteiger partial charge in [0.2, 0.25) is 0 Å². The highest BCUT2D eigenvalue weighted by molar-refractivity contribution is 5.52. The van der Waals surface area contributed by atoms with Crippen LogP contribution in [0.25, 0.3) is 11.5 Å². The summed E-state index contributed by atoms with van der Waals surface area (Å²) < 4.78 is 11.1. The minimum absolute atomic E-state index is 0.0404. The van der Waals surface area contributed by atoms with E-state index in [0.717, 1.165) is 23.5 Å². The van der Waals surface area contributed by atoms with Crippen LogP contribution in [0.2, 0.25) is 0 Å². The van der Waals surface area contributed by atoms with Gasteiger partial charge < -0.3 is 8.94 Å². The largest absolute Gasteiger partial charge is 0.464 e. The molecule has 0 bridgehead atoms. The number of nitrogens with one attached hydrogen (secondary N) is 1. The summed E-state index contributed by atoms with van der Waals surface area (Å²) >= 11 is 0. The van der Waals surface area contributed by atoms with Crippen molar-refractivity contribution in [2.24, 2.45) is 0 Å². The molecule has 0 saturated carbocycles. The van der Waals surface area contributed by atoms with Gasteiger partial charge >= 0.3 is 0 Å². The fourth-order valence-electron chi connectivity index (χ4n) is 2.46. The van der Waals surface area contributed by atoms with Crippen molar-refractivity contribution in [3.05, 3.63) is 59.8 Å². The molecule has 0 aliphatic carbocycles. The third-order valence-corrected chi connectivity index (χ3v) is 3.81. The Balaban J connectivity index is 1.68. The van der Waals surface area contributed by atoms with Crippen molar-refractivity contribution in [1.82, 2.24) is 15.5 Å². The molecule has 0 saturated heterocycles. The highest BCUT2D eigenvalue weighted by Crippen LogP contribution is 2.22. The zero-order chi connectivity index (χ0) is 16.2. The maximum atomic E-state index is 5.78. The molecule has 2 atom stereocenters. The van der Waals surface area contributed by atoms with Crippen LogP contribution in [0.3, 0.4) is 0 Å². The van der Waals surface area contributed by atoms with Gasteiger partial charge in [0.1, 0.15) is 11.5 Å². The zero-order valence-corrected chi connectivity index (χ0v) is 13.6. The van der Waals surface area contributed by atoms with Crippen molar-refractivity contribution < 1.29 is 8.94 Å². The molecule has 0 aliphatic heterocycles. The number of hydrogen-bond acceptors (Lipinski definition) is 5. The molecule has 23 heavy (non-hydrogen) atoms. The van der Waals surface area contributed by atoms with Crippen molar-refractivity contribution in [2.75, 3.05) is 0 Å². The van der Waals surface area contributed by atoms with Crippen LogP contribution in [0.15, 0.2) is 51.4 Å². The fraction of sp³-hybridized carbons (Fsp3) is 0.333. The SMILES string of the molecule is CCc1ccc([C@H](C)N[C@H](C)c2noc(-c3ccccc3)n2)o1. The van der Waals surface area contributed by atoms with E-state index < -0.39 is 0 Å². The summed E-state index contributed by atoms with van der Waals surface area (Å²) in [7, 11) is 0. The van der Waals surface area contributed by atoms with Crippen molar-refractivity contribution >= 4 is 0 Å². The van der Waals surface area contributed by atoms with Gasteiger partial charge in [-0.1, -0.05) is 30.3 Å². The van der Waals surface area contributed by atoms with Crippen molar-refractivity contribution in [1.29, 1.82) is 0 Å². The lowest BCUT2D eigenvalue weighted by Crippen LogP contribution is -2.23.